The van der Waals surface area contributed by atoms with Crippen LogP contribution in [0.5, 0.6) is 0 Å². The quantitative estimate of drug-likeness (QED) is 0.698. The number of hydrogen-bond acceptors (Lipinski definition) is 3. The molecule has 0 N–H and O–H groups in total. The van der Waals surface area contributed by atoms with Crippen LogP contribution < -0.4 is 0 Å². The van der Waals surface area contributed by atoms with Crippen molar-refractivity contribution < 1.29 is 9.18 Å². The molecular weight excluding hydrogens is 351 g/mol. The van der Waals surface area contributed by atoms with Gasteiger partial charge in [-0.05, 0) is 66.1 Å². The van der Waals surface area contributed by atoms with Crippen molar-refractivity contribution in [3.05, 3.63) is 47.7 Å². The summed E-state index contributed by atoms with van der Waals surface area (Å²) in [5.74, 6) is 1.82. The van der Waals surface area contributed by atoms with Crippen LogP contribution in [0.1, 0.15) is 51.5 Å². The Kier molecular flexibility index (Phi) is 3.88. The third-order valence-corrected chi connectivity index (χ3v) is 8.52. The second-order valence-corrected chi connectivity index (χ2v) is 9.87. The molecular formula is C24H29FN2O. The molecule has 28 heavy (non-hydrogen) atoms. The van der Waals surface area contributed by atoms with Gasteiger partial charge in [0.15, 0.2) is 5.78 Å². The second kappa shape index (κ2) is 6.01. The van der Waals surface area contributed by atoms with Crippen molar-refractivity contribution >= 4 is 11.4 Å². The van der Waals surface area contributed by atoms with Gasteiger partial charge in [0.25, 0.3) is 0 Å². The van der Waals surface area contributed by atoms with Gasteiger partial charge in [-0.3, -0.25) is 9.78 Å². The van der Waals surface area contributed by atoms with Gasteiger partial charge in [-0.1, -0.05) is 19.9 Å². The number of piperidine rings is 1. The van der Waals surface area contributed by atoms with Crippen LogP contribution in [0.4, 0.5) is 4.39 Å². The molecule has 1 aliphatic heterocycles. The Bertz CT molecular complexity index is 906. The number of ketones is 1. The van der Waals surface area contributed by atoms with Crippen LogP contribution in [0.2, 0.25) is 0 Å². The third-order valence-electron chi connectivity index (χ3n) is 8.52. The topological polar surface area (TPSA) is 33.2 Å². The van der Waals surface area contributed by atoms with Gasteiger partial charge < -0.3 is 4.90 Å². The summed E-state index contributed by atoms with van der Waals surface area (Å²) in [6.07, 6.45) is 12.4. The van der Waals surface area contributed by atoms with Crippen molar-refractivity contribution in [3.8, 4) is 0 Å². The highest BCUT2D eigenvalue weighted by Gasteiger charge is 2.58. The van der Waals surface area contributed by atoms with Gasteiger partial charge in [-0.15, -0.1) is 0 Å². The highest BCUT2D eigenvalue weighted by atomic mass is 19.1. The Balaban J connectivity index is 1.50. The first-order valence-electron chi connectivity index (χ1n) is 10.6. The van der Waals surface area contributed by atoms with E-state index in [1.54, 1.807) is 6.07 Å². The monoisotopic (exact) mass is 380 g/mol. The molecule has 0 unspecified atom stereocenters. The van der Waals surface area contributed by atoms with Gasteiger partial charge in [-0.25, -0.2) is 4.39 Å². The van der Waals surface area contributed by atoms with E-state index in [0.717, 1.165) is 31.4 Å². The van der Waals surface area contributed by atoms with Crippen molar-refractivity contribution in [3.63, 3.8) is 0 Å². The van der Waals surface area contributed by atoms with Gasteiger partial charge in [-0.2, -0.15) is 0 Å². The summed E-state index contributed by atoms with van der Waals surface area (Å²) in [4.78, 5) is 18.5. The molecule has 0 spiro atoms. The molecule has 5 rings (SSSR count). The van der Waals surface area contributed by atoms with Crippen molar-refractivity contribution in [2.45, 2.75) is 46.0 Å². The lowest BCUT2D eigenvalue weighted by Crippen LogP contribution is -2.56. The van der Waals surface area contributed by atoms with E-state index in [-0.39, 0.29) is 22.4 Å². The maximum atomic E-state index is 13.8. The zero-order valence-corrected chi connectivity index (χ0v) is 17.0. The summed E-state index contributed by atoms with van der Waals surface area (Å²) in [5, 5.41) is 0. The van der Waals surface area contributed by atoms with Gasteiger partial charge >= 0.3 is 0 Å². The first kappa shape index (κ1) is 18.1. The summed E-state index contributed by atoms with van der Waals surface area (Å²) in [6.45, 7) is 5.79. The minimum atomic E-state index is -0.259. The highest BCUT2D eigenvalue weighted by Crippen LogP contribution is 2.65. The van der Waals surface area contributed by atoms with E-state index in [4.69, 9.17) is 0 Å². The Morgan fingerprint density at radius 1 is 1.18 bits per heavy atom. The zero-order chi connectivity index (χ0) is 19.7. The fourth-order valence-electron chi connectivity index (χ4n) is 7.14. The molecule has 3 aliphatic carbocycles. The van der Waals surface area contributed by atoms with Gasteiger partial charge in [0, 0.05) is 43.4 Å². The number of carbonyl (C=O) groups is 1. The van der Waals surface area contributed by atoms with Crippen molar-refractivity contribution in [1.29, 1.82) is 0 Å². The number of aromatic nitrogens is 1. The number of carbonyl (C=O) groups excluding carboxylic acids is 1. The van der Waals surface area contributed by atoms with Crippen LogP contribution in [0, 0.1) is 34.4 Å². The normalized spacial score (nSPS) is 39.6. The van der Waals surface area contributed by atoms with E-state index in [1.165, 1.54) is 23.9 Å². The molecule has 2 fully saturated rings. The Morgan fingerprint density at radius 3 is 2.79 bits per heavy atom. The SMILES string of the molecule is CN1C[C@@H]2[C@H](CC[C@]3(C)C(c4cncc(F)c4)=CC[C@@H]23)[C@@]2(C)CCC(=O)C=C12. The molecule has 0 amide bonds. The molecule has 2 heterocycles. The predicted molar refractivity (Wildman–Crippen MR) is 108 cm³/mol. The zero-order valence-electron chi connectivity index (χ0n) is 17.0. The van der Waals surface area contributed by atoms with Crippen LogP contribution >= 0.6 is 0 Å². The molecule has 1 aromatic heterocycles. The summed E-state index contributed by atoms with van der Waals surface area (Å²) < 4.78 is 13.8. The Hall–Kier alpha value is -1.97. The van der Waals surface area contributed by atoms with Crippen LogP contribution in [0.25, 0.3) is 5.57 Å². The lowest BCUT2D eigenvalue weighted by atomic mass is 9.49. The average Bonchev–Trinajstić information content (AvgIpc) is 3.01. The maximum Gasteiger partial charge on any atom is 0.157 e. The maximum absolute atomic E-state index is 13.8. The molecule has 1 saturated carbocycles. The minimum Gasteiger partial charge on any atom is -0.377 e. The van der Waals surface area contributed by atoms with Crippen LogP contribution in [-0.2, 0) is 4.79 Å². The standard InChI is InChI=1S/C24H29FN2O/c1-23-9-7-21-18(14-27(3)22-11-17(28)6-8-24(21,22)2)20(23)5-4-19(23)15-10-16(25)13-26-12-15/h4,10-13,18,20-21H,5-9,14H2,1-3H3/t18-,20-,21-,23+,24+/m0/s1. The van der Waals surface area contributed by atoms with E-state index in [2.05, 4.69) is 36.9 Å². The van der Waals surface area contributed by atoms with Gasteiger partial charge in [0.2, 0.25) is 0 Å². The summed E-state index contributed by atoms with van der Waals surface area (Å²) >= 11 is 0. The third kappa shape index (κ3) is 2.39. The van der Waals surface area contributed by atoms with Gasteiger partial charge in [0.05, 0.1) is 6.20 Å². The van der Waals surface area contributed by atoms with E-state index in [9.17, 15) is 9.18 Å². The van der Waals surface area contributed by atoms with Crippen molar-refractivity contribution in [2.75, 3.05) is 13.6 Å². The second-order valence-electron chi connectivity index (χ2n) is 9.87. The largest absolute Gasteiger partial charge is 0.377 e. The number of halogens is 1. The first-order valence-corrected chi connectivity index (χ1v) is 10.6. The lowest BCUT2D eigenvalue weighted by Gasteiger charge is -2.60. The Labute approximate surface area is 166 Å². The number of pyridine rings is 1. The highest BCUT2D eigenvalue weighted by molar-refractivity contribution is 5.91. The molecule has 1 aromatic rings. The first-order chi connectivity index (χ1) is 13.3. The molecule has 3 nitrogen and oxygen atoms in total. The molecule has 148 valence electrons. The smallest absolute Gasteiger partial charge is 0.157 e. The number of nitrogens with zero attached hydrogens (tertiary/aromatic N) is 2. The van der Waals surface area contributed by atoms with Crippen molar-refractivity contribution in [2.24, 2.45) is 28.6 Å². The lowest BCUT2D eigenvalue weighted by molar-refractivity contribution is -0.118. The van der Waals surface area contributed by atoms with Crippen LogP contribution in [-0.4, -0.2) is 29.3 Å². The van der Waals surface area contributed by atoms with Crippen molar-refractivity contribution in [1.82, 2.24) is 9.88 Å². The summed E-state index contributed by atoms with van der Waals surface area (Å²) in [7, 11) is 2.16. The summed E-state index contributed by atoms with van der Waals surface area (Å²) in [6, 6.07) is 1.64. The molecule has 4 heteroatoms. The number of allylic oxidation sites excluding steroid dienone is 4. The molecule has 0 radical (unpaired) electrons. The molecule has 0 bridgehead atoms. The van der Waals surface area contributed by atoms with Crippen LogP contribution in [0.15, 0.2) is 36.3 Å². The van der Waals surface area contributed by atoms with E-state index >= 15 is 0 Å². The number of fused-ring (bicyclic) bond motifs is 5. The van der Waals surface area contributed by atoms with E-state index in [1.807, 2.05) is 12.3 Å². The summed E-state index contributed by atoms with van der Waals surface area (Å²) in [5.41, 5.74) is 3.68. The predicted octanol–water partition coefficient (Wildman–Crippen LogP) is 4.86. The average molecular weight is 381 g/mol. The number of hydrogen-bond donors (Lipinski definition) is 0. The molecule has 0 aromatic carbocycles. The fraction of sp³-hybridized carbons (Fsp3) is 0.583. The van der Waals surface area contributed by atoms with Crippen LogP contribution in [0.3, 0.4) is 0 Å². The molecule has 4 aliphatic rings. The van der Waals surface area contributed by atoms with E-state index < -0.39 is 0 Å². The molecule has 1 saturated heterocycles. The molecule has 5 atom stereocenters. The number of likely N-dealkylation sites (tertiary alicyclic amines) is 1. The van der Waals surface area contributed by atoms with E-state index in [0.29, 0.717) is 24.2 Å². The minimum absolute atomic E-state index is 0.0829. The Morgan fingerprint density at radius 2 is 2.00 bits per heavy atom. The fourth-order valence-corrected chi connectivity index (χ4v) is 7.14. The van der Waals surface area contributed by atoms with Gasteiger partial charge in [0.1, 0.15) is 5.82 Å². The number of rotatable bonds is 1.